The van der Waals surface area contributed by atoms with Gasteiger partial charge in [-0.1, -0.05) is 12.1 Å². The van der Waals surface area contributed by atoms with Gasteiger partial charge in [-0.3, -0.25) is 9.59 Å². The van der Waals surface area contributed by atoms with Gasteiger partial charge in [0.2, 0.25) is 0 Å². The lowest BCUT2D eigenvalue weighted by molar-refractivity contribution is 0.0526. The summed E-state index contributed by atoms with van der Waals surface area (Å²) >= 11 is 0. The van der Waals surface area contributed by atoms with Crippen LogP contribution in [-0.4, -0.2) is 31.5 Å². The summed E-state index contributed by atoms with van der Waals surface area (Å²) in [7, 11) is 1.47. The first-order valence-corrected chi connectivity index (χ1v) is 7.41. The summed E-state index contributed by atoms with van der Waals surface area (Å²) < 4.78 is 10.2. The summed E-state index contributed by atoms with van der Waals surface area (Å²) in [4.78, 5) is 38.2. The molecule has 0 aliphatic carbocycles. The Kier molecular flexibility index (Phi) is 4.04. The highest BCUT2D eigenvalue weighted by Crippen LogP contribution is 2.34. The van der Waals surface area contributed by atoms with Gasteiger partial charge in [0.1, 0.15) is 5.75 Å². The molecule has 0 spiro atoms. The van der Waals surface area contributed by atoms with Crippen molar-refractivity contribution in [3.05, 3.63) is 59.2 Å². The molecule has 0 fully saturated rings. The predicted octanol–water partition coefficient (Wildman–Crippen LogP) is 2.67. The average Bonchev–Trinajstić information content (AvgIpc) is 2.85. The van der Waals surface area contributed by atoms with Crippen molar-refractivity contribution in [3.63, 3.8) is 0 Å². The van der Waals surface area contributed by atoms with E-state index in [4.69, 9.17) is 9.47 Å². The van der Waals surface area contributed by atoms with Crippen LogP contribution in [-0.2, 0) is 4.74 Å². The Morgan fingerprint density at radius 3 is 2.46 bits per heavy atom. The predicted molar refractivity (Wildman–Crippen MR) is 86.5 cm³/mol. The van der Waals surface area contributed by atoms with E-state index < -0.39 is 17.8 Å². The van der Waals surface area contributed by atoms with E-state index in [1.54, 1.807) is 31.2 Å². The molecule has 24 heavy (non-hydrogen) atoms. The molecule has 6 nitrogen and oxygen atoms in total. The molecular formula is C18H15NO5. The van der Waals surface area contributed by atoms with Crippen molar-refractivity contribution in [1.29, 1.82) is 0 Å². The molecule has 2 aromatic rings. The van der Waals surface area contributed by atoms with Crippen molar-refractivity contribution in [1.82, 2.24) is 0 Å². The number of esters is 1. The van der Waals surface area contributed by atoms with Gasteiger partial charge in [0, 0.05) is 0 Å². The molecule has 6 heteroatoms. The number of hydrogen-bond donors (Lipinski definition) is 0. The largest absolute Gasteiger partial charge is 0.495 e. The first-order valence-electron chi connectivity index (χ1n) is 7.41. The minimum atomic E-state index is -0.531. The van der Waals surface area contributed by atoms with Crippen LogP contribution in [0.15, 0.2) is 42.5 Å². The Morgan fingerprint density at radius 1 is 1.04 bits per heavy atom. The molecule has 0 radical (unpaired) electrons. The van der Waals surface area contributed by atoms with E-state index in [2.05, 4.69) is 0 Å². The van der Waals surface area contributed by atoms with E-state index in [1.807, 2.05) is 0 Å². The maximum atomic E-state index is 12.7. The Balaban J connectivity index is 2.04. The molecule has 3 rings (SSSR count). The fourth-order valence-electron chi connectivity index (χ4n) is 2.62. The van der Waals surface area contributed by atoms with Crippen molar-refractivity contribution >= 4 is 23.5 Å². The molecule has 2 amide bonds. The summed E-state index contributed by atoms with van der Waals surface area (Å²) in [6.45, 7) is 1.93. The molecule has 0 saturated heterocycles. The number of nitrogens with zero attached hydrogens (tertiary/aromatic N) is 1. The van der Waals surface area contributed by atoms with Crippen molar-refractivity contribution < 1.29 is 23.9 Å². The number of carbonyl (C=O) groups is 3. The van der Waals surface area contributed by atoms with Gasteiger partial charge in [0.25, 0.3) is 11.8 Å². The zero-order valence-corrected chi connectivity index (χ0v) is 13.2. The first kappa shape index (κ1) is 15.7. The summed E-state index contributed by atoms with van der Waals surface area (Å²) in [6, 6.07) is 11.1. The van der Waals surface area contributed by atoms with Crippen LogP contribution < -0.4 is 9.64 Å². The minimum Gasteiger partial charge on any atom is -0.495 e. The van der Waals surface area contributed by atoms with E-state index in [-0.39, 0.29) is 23.3 Å². The molecule has 0 aromatic heterocycles. The third-order valence-corrected chi connectivity index (χ3v) is 3.72. The van der Waals surface area contributed by atoms with Gasteiger partial charge in [0.05, 0.1) is 36.1 Å². The second kappa shape index (κ2) is 6.16. The second-order valence-electron chi connectivity index (χ2n) is 5.10. The molecule has 0 atom stereocenters. The summed E-state index contributed by atoms with van der Waals surface area (Å²) in [5.41, 5.74) is 1.03. The Bertz CT molecular complexity index is 843. The topological polar surface area (TPSA) is 72.9 Å². The monoisotopic (exact) mass is 325 g/mol. The van der Waals surface area contributed by atoms with Crippen LogP contribution in [0.2, 0.25) is 0 Å². The van der Waals surface area contributed by atoms with Crippen molar-refractivity contribution in [2.24, 2.45) is 0 Å². The molecule has 1 aliphatic heterocycles. The third kappa shape index (κ3) is 2.42. The van der Waals surface area contributed by atoms with Crippen molar-refractivity contribution in [2.75, 3.05) is 18.6 Å². The average molecular weight is 325 g/mol. The summed E-state index contributed by atoms with van der Waals surface area (Å²) in [5, 5.41) is 0. The molecule has 1 aliphatic rings. The number of anilines is 1. The smallest absolute Gasteiger partial charge is 0.338 e. The van der Waals surface area contributed by atoms with Gasteiger partial charge in [-0.25, -0.2) is 9.69 Å². The highest BCUT2D eigenvalue weighted by atomic mass is 16.5. The number of methoxy groups -OCH3 is 1. The van der Waals surface area contributed by atoms with Crippen molar-refractivity contribution in [3.8, 4) is 5.75 Å². The quantitative estimate of drug-likeness (QED) is 0.638. The number of amides is 2. The van der Waals surface area contributed by atoms with Crippen LogP contribution in [0.4, 0.5) is 5.69 Å². The Labute approximate surface area is 138 Å². The molecule has 0 bridgehead atoms. The summed E-state index contributed by atoms with van der Waals surface area (Å²) in [6.07, 6.45) is 0. The van der Waals surface area contributed by atoms with Crippen LogP contribution in [0.5, 0.6) is 5.75 Å². The van der Waals surface area contributed by atoms with E-state index in [9.17, 15) is 14.4 Å². The number of ether oxygens (including phenoxy) is 2. The number of rotatable bonds is 4. The number of benzene rings is 2. The minimum absolute atomic E-state index is 0.177. The maximum Gasteiger partial charge on any atom is 0.338 e. The fraction of sp³-hybridized carbons (Fsp3) is 0.167. The normalized spacial score (nSPS) is 13.0. The van der Waals surface area contributed by atoms with E-state index in [0.29, 0.717) is 11.4 Å². The SMILES string of the molecule is CCOC(=O)c1ccc2c(c1)C(=O)N(c1ccccc1OC)C2=O. The van der Waals surface area contributed by atoms with Crippen LogP contribution in [0.25, 0.3) is 0 Å². The van der Waals surface area contributed by atoms with Gasteiger partial charge in [-0.2, -0.15) is 0 Å². The van der Waals surface area contributed by atoms with Gasteiger partial charge in [0.15, 0.2) is 0 Å². The molecule has 1 heterocycles. The second-order valence-corrected chi connectivity index (χ2v) is 5.10. The Hall–Kier alpha value is -3.15. The standard InChI is InChI=1S/C18H15NO5/c1-3-24-18(22)11-8-9-12-13(10-11)17(21)19(16(12)20)14-6-4-5-7-15(14)23-2/h4-10H,3H2,1-2H3. The lowest BCUT2D eigenvalue weighted by Crippen LogP contribution is -2.29. The number of carbonyl (C=O) groups excluding carboxylic acids is 3. The van der Waals surface area contributed by atoms with Gasteiger partial charge in [-0.05, 0) is 37.3 Å². The van der Waals surface area contributed by atoms with Gasteiger partial charge in [-0.15, -0.1) is 0 Å². The number of para-hydroxylation sites is 2. The molecule has 0 unspecified atom stereocenters. The zero-order valence-electron chi connectivity index (χ0n) is 13.2. The van der Waals surface area contributed by atoms with Crippen LogP contribution in [0.3, 0.4) is 0 Å². The molecule has 0 N–H and O–H groups in total. The van der Waals surface area contributed by atoms with Crippen molar-refractivity contribution in [2.45, 2.75) is 6.92 Å². The molecule has 122 valence electrons. The summed E-state index contributed by atoms with van der Waals surface area (Å²) in [5.74, 6) is -1.06. The fourth-order valence-corrected chi connectivity index (χ4v) is 2.62. The van der Waals surface area contributed by atoms with E-state index in [0.717, 1.165) is 4.90 Å². The highest BCUT2D eigenvalue weighted by molar-refractivity contribution is 6.35. The molecular weight excluding hydrogens is 310 g/mol. The van der Waals surface area contributed by atoms with Gasteiger partial charge < -0.3 is 9.47 Å². The maximum absolute atomic E-state index is 12.7. The molecule has 0 saturated carbocycles. The highest BCUT2D eigenvalue weighted by Gasteiger charge is 2.38. The van der Waals surface area contributed by atoms with Crippen LogP contribution in [0, 0.1) is 0 Å². The van der Waals surface area contributed by atoms with E-state index >= 15 is 0 Å². The number of imide groups is 1. The Morgan fingerprint density at radius 2 is 1.75 bits per heavy atom. The number of hydrogen-bond acceptors (Lipinski definition) is 5. The lowest BCUT2D eigenvalue weighted by atomic mass is 10.1. The lowest BCUT2D eigenvalue weighted by Gasteiger charge is -2.16. The number of fused-ring (bicyclic) bond motifs is 1. The third-order valence-electron chi connectivity index (χ3n) is 3.72. The molecule has 2 aromatic carbocycles. The van der Waals surface area contributed by atoms with Crippen LogP contribution >= 0.6 is 0 Å². The zero-order chi connectivity index (χ0) is 17.3. The first-order chi connectivity index (χ1) is 11.6. The van der Waals surface area contributed by atoms with E-state index in [1.165, 1.54) is 25.3 Å². The van der Waals surface area contributed by atoms with Crippen LogP contribution in [0.1, 0.15) is 38.0 Å². The van der Waals surface area contributed by atoms with Gasteiger partial charge >= 0.3 is 5.97 Å².